The number of hydrogen-bond acceptors (Lipinski definition) is 6. The summed E-state index contributed by atoms with van der Waals surface area (Å²) in [6.07, 6.45) is 1.40. The van der Waals surface area contributed by atoms with E-state index >= 15 is 0 Å². The number of nitrogen functional groups attached to an aromatic ring is 1. The molecule has 1 aliphatic heterocycles. The van der Waals surface area contributed by atoms with Crippen LogP contribution in [0, 0.1) is 5.92 Å². The highest BCUT2D eigenvalue weighted by Gasteiger charge is 2.26. The lowest BCUT2D eigenvalue weighted by Crippen LogP contribution is -2.43. The molecule has 0 unspecified atom stereocenters. The van der Waals surface area contributed by atoms with E-state index in [4.69, 9.17) is 5.73 Å². The Kier molecular flexibility index (Phi) is 7.68. The Bertz CT molecular complexity index is 1350. The molecule has 9 nitrogen and oxygen atoms in total. The fraction of sp³-hybridized carbons (Fsp3) is 0.333. The van der Waals surface area contributed by atoms with Gasteiger partial charge in [-0.05, 0) is 23.5 Å². The van der Waals surface area contributed by atoms with Gasteiger partial charge in [0.15, 0.2) is 0 Å². The topological polar surface area (TPSA) is 117 Å². The average molecular weight is 489 g/mol. The molecule has 0 saturated heterocycles. The molecule has 188 valence electrons. The molecule has 0 atom stereocenters. The lowest BCUT2D eigenvalue weighted by Gasteiger charge is -2.27. The normalized spacial score (nSPS) is 13.2. The maximum absolute atomic E-state index is 13.3. The summed E-state index contributed by atoms with van der Waals surface area (Å²) >= 11 is 0. The molecule has 2 aromatic carbocycles. The minimum absolute atomic E-state index is 0.0408. The van der Waals surface area contributed by atoms with Crippen LogP contribution in [0.1, 0.15) is 37.8 Å². The van der Waals surface area contributed by atoms with Crippen LogP contribution in [0.4, 0.5) is 11.5 Å². The number of nitrogens with two attached hydrogens (primary N) is 1. The van der Waals surface area contributed by atoms with E-state index in [0.717, 1.165) is 23.3 Å². The third-order valence-corrected chi connectivity index (χ3v) is 6.21. The van der Waals surface area contributed by atoms with E-state index in [1.807, 2.05) is 60.7 Å². The van der Waals surface area contributed by atoms with Gasteiger partial charge in [-0.15, -0.1) is 0 Å². The van der Waals surface area contributed by atoms with Crippen LogP contribution in [0.15, 0.2) is 75.4 Å². The number of hydrogen-bond donors (Lipinski definition) is 2. The first-order valence-electron chi connectivity index (χ1n) is 12.2. The second-order valence-electron chi connectivity index (χ2n) is 9.35. The molecule has 0 aliphatic carbocycles. The second-order valence-corrected chi connectivity index (χ2v) is 9.35. The lowest BCUT2D eigenvalue weighted by atomic mass is 10.1. The number of rotatable bonds is 9. The summed E-state index contributed by atoms with van der Waals surface area (Å²) in [7, 11) is 0. The zero-order valence-electron chi connectivity index (χ0n) is 20.7. The third kappa shape index (κ3) is 5.73. The van der Waals surface area contributed by atoms with Crippen molar-refractivity contribution in [3.05, 3.63) is 92.6 Å². The van der Waals surface area contributed by atoms with Gasteiger partial charge in [0.1, 0.15) is 11.5 Å². The van der Waals surface area contributed by atoms with Crippen molar-refractivity contribution in [1.29, 1.82) is 0 Å². The van der Waals surface area contributed by atoms with Gasteiger partial charge in [-0.25, -0.2) is 9.80 Å². The molecule has 3 N–H and O–H groups in total. The van der Waals surface area contributed by atoms with Crippen LogP contribution >= 0.6 is 0 Å². The van der Waals surface area contributed by atoms with Gasteiger partial charge in [0, 0.05) is 13.0 Å². The summed E-state index contributed by atoms with van der Waals surface area (Å²) in [4.78, 5) is 42.9. The van der Waals surface area contributed by atoms with Crippen LogP contribution in [-0.4, -0.2) is 45.8 Å². The van der Waals surface area contributed by atoms with Gasteiger partial charge in [0.25, 0.3) is 11.5 Å². The molecule has 4 rings (SSSR count). The van der Waals surface area contributed by atoms with E-state index in [9.17, 15) is 14.4 Å². The summed E-state index contributed by atoms with van der Waals surface area (Å²) in [5.41, 5.74) is 8.06. The molecular formula is C27H32N6O3. The third-order valence-electron chi connectivity index (χ3n) is 6.21. The molecule has 1 aliphatic rings. The first-order chi connectivity index (χ1) is 17.3. The number of hydrazone groups is 1. The fourth-order valence-corrected chi connectivity index (χ4v) is 4.21. The molecule has 0 bridgehead atoms. The molecule has 1 aromatic heterocycles. The van der Waals surface area contributed by atoms with E-state index in [-0.39, 0.29) is 30.5 Å². The van der Waals surface area contributed by atoms with Gasteiger partial charge in [-0.2, -0.15) is 5.10 Å². The largest absolute Gasteiger partial charge is 0.383 e. The zero-order chi connectivity index (χ0) is 25.7. The predicted molar refractivity (Wildman–Crippen MR) is 142 cm³/mol. The van der Waals surface area contributed by atoms with Crippen molar-refractivity contribution >= 4 is 23.1 Å². The Morgan fingerprint density at radius 3 is 2.42 bits per heavy atom. The smallest absolute Gasteiger partial charge is 0.330 e. The number of aromatic nitrogens is 2. The standard InChI is InChI=1S/C27H32N6O3/c1-19(2)13-15-31(18-23(34)33-16-14-22(30-33)21-11-7-4-8-12-21)24-25(28)32(27(36)29-26(24)35)17-20-9-5-3-6-10-20/h3-12,19H,13-18,28H2,1-2H3,(H,29,35,36). The Morgan fingerprint density at radius 2 is 1.75 bits per heavy atom. The number of nitrogens with one attached hydrogen (secondary N) is 1. The summed E-state index contributed by atoms with van der Waals surface area (Å²) in [5.74, 6) is 0.149. The maximum atomic E-state index is 13.3. The number of carbonyl (C=O) groups excluding carboxylic acids is 1. The molecular weight excluding hydrogens is 456 g/mol. The SMILES string of the molecule is CC(C)CCN(CC(=O)N1CCC(c2ccccc2)=N1)c1c(N)n(Cc2ccccc2)c(=O)[nH]c1=O. The number of carbonyl (C=O) groups is 1. The zero-order valence-corrected chi connectivity index (χ0v) is 20.7. The van der Waals surface area contributed by atoms with Crippen LogP contribution in [-0.2, 0) is 11.3 Å². The van der Waals surface area contributed by atoms with E-state index in [1.54, 1.807) is 4.90 Å². The van der Waals surface area contributed by atoms with E-state index in [1.165, 1.54) is 9.58 Å². The highest BCUT2D eigenvalue weighted by Crippen LogP contribution is 2.21. The van der Waals surface area contributed by atoms with Gasteiger partial charge in [-0.1, -0.05) is 74.5 Å². The Labute approximate surface area is 209 Å². The monoisotopic (exact) mass is 488 g/mol. The maximum Gasteiger partial charge on any atom is 0.330 e. The van der Waals surface area contributed by atoms with Gasteiger partial charge in [0.05, 0.1) is 25.3 Å². The fourth-order valence-electron chi connectivity index (χ4n) is 4.21. The van der Waals surface area contributed by atoms with Crippen LogP contribution in [0.5, 0.6) is 0 Å². The molecule has 1 amide bonds. The van der Waals surface area contributed by atoms with Crippen molar-refractivity contribution in [2.45, 2.75) is 33.2 Å². The molecule has 0 radical (unpaired) electrons. The number of amides is 1. The van der Waals surface area contributed by atoms with Gasteiger partial charge < -0.3 is 10.6 Å². The van der Waals surface area contributed by atoms with Gasteiger partial charge in [-0.3, -0.25) is 19.1 Å². The number of aromatic amines is 1. The molecule has 0 spiro atoms. The van der Waals surface area contributed by atoms with Gasteiger partial charge in [0.2, 0.25) is 0 Å². The minimum Gasteiger partial charge on any atom is -0.383 e. The van der Waals surface area contributed by atoms with E-state index < -0.39 is 11.2 Å². The minimum atomic E-state index is -0.603. The summed E-state index contributed by atoms with van der Waals surface area (Å²) in [6.45, 7) is 5.18. The highest BCUT2D eigenvalue weighted by molar-refractivity contribution is 6.02. The van der Waals surface area contributed by atoms with Crippen LogP contribution in [0.3, 0.4) is 0 Å². The number of H-pyrrole nitrogens is 1. The molecule has 3 aromatic rings. The molecule has 9 heteroatoms. The first-order valence-corrected chi connectivity index (χ1v) is 12.2. The quantitative estimate of drug-likeness (QED) is 0.480. The van der Waals surface area contributed by atoms with Gasteiger partial charge >= 0.3 is 5.69 Å². The number of nitrogens with zero attached hydrogens (tertiary/aromatic N) is 4. The Hall–Kier alpha value is -4.14. The number of benzene rings is 2. The highest BCUT2D eigenvalue weighted by atomic mass is 16.2. The molecule has 0 fully saturated rings. The average Bonchev–Trinajstić information content (AvgIpc) is 3.36. The van der Waals surface area contributed by atoms with Crippen LogP contribution in [0.25, 0.3) is 0 Å². The lowest BCUT2D eigenvalue weighted by molar-refractivity contribution is -0.129. The summed E-state index contributed by atoms with van der Waals surface area (Å²) < 4.78 is 1.33. The van der Waals surface area contributed by atoms with Crippen molar-refractivity contribution in [1.82, 2.24) is 14.6 Å². The van der Waals surface area contributed by atoms with Crippen molar-refractivity contribution in [3.63, 3.8) is 0 Å². The van der Waals surface area contributed by atoms with Crippen molar-refractivity contribution in [3.8, 4) is 0 Å². The van der Waals surface area contributed by atoms with Crippen molar-refractivity contribution in [2.24, 2.45) is 11.0 Å². The van der Waals surface area contributed by atoms with E-state index in [2.05, 4.69) is 23.9 Å². The van der Waals surface area contributed by atoms with E-state index in [0.29, 0.717) is 25.4 Å². The van der Waals surface area contributed by atoms with Crippen molar-refractivity contribution in [2.75, 3.05) is 30.3 Å². The molecule has 36 heavy (non-hydrogen) atoms. The molecule has 2 heterocycles. The Morgan fingerprint density at radius 1 is 1.08 bits per heavy atom. The second kappa shape index (κ2) is 11.1. The summed E-state index contributed by atoms with van der Waals surface area (Å²) in [5, 5.41) is 5.99. The van der Waals surface area contributed by atoms with Crippen molar-refractivity contribution < 1.29 is 4.79 Å². The van der Waals surface area contributed by atoms with Crippen LogP contribution in [0.2, 0.25) is 0 Å². The predicted octanol–water partition coefficient (Wildman–Crippen LogP) is 2.66. The molecule has 0 saturated carbocycles. The summed E-state index contributed by atoms with van der Waals surface area (Å²) in [6, 6.07) is 19.2. The first kappa shape index (κ1) is 25.0. The van der Waals surface area contributed by atoms with Crippen LogP contribution < -0.4 is 21.9 Å². The Balaban J connectivity index is 1.63. The number of anilines is 2.